The van der Waals surface area contributed by atoms with Crippen molar-refractivity contribution in [1.29, 1.82) is 0 Å². The third kappa shape index (κ3) is 6.83. The Balaban J connectivity index is 1.33. The van der Waals surface area contributed by atoms with Crippen LogP contribution >= 0.6 is 0 Å². The van der Waals surface area contributed by atoms with Gasteiger partial charge in [-0.15, -0.1) is 0 Å². The van der Waals surface area contributed by atoms with Crippen LogP contribution in [-0.4, -0.2) is 67.1 Å². The Morgan fingerprint density at radius 1 is 1.09 bits per heavy atom. The standard InChI is InChI=1S/C27H42N4O2/c1-5-22(6-2)27(32)31-17-15-30(16-18-31)14-10-8-7-9-12-28-25-20-23(33-4)19-24-21(3)11-13-29-26(24)25/h11,13,19-20,22,28H,5-10,12,14-18H2,1-4H3. The highest BCUT2D eigenvalue weighted by Crippen LogP contribution is 2.29. The van der Waals surface area contributed by atoms with Gasteiger partial charge in [-0.2, -0.15) is 0 Å². The van der Waals surface area contributed by atoms with E-state index in [1.165, 1.54) is 24.8 Å². The van der Waals surface area contributed by atoms with Crippen molar-refractivity contribution in [2.75, 3.05) is 51.7 Å². The van der Waals surface area contributed by atoms with E-state index in [4.69, 9.17) is 4.74 Å². The van der Waals surface area contributed by atoms with Gasteiger partial charge in [0.1, 0.15) is 5.75 Å². The summed E-state index contributed by atoms with van der Waals surface area (Å²) in [6.07, 6.45) is 8.60. The number of piperazine rings is 1. The number of methoxy groups -OCH3 is 1. The van der Waals surface area contributed by atoms with Crippen LogP contribution in [0.3, 0.4) is 0 Å². The van der Waals surface area contributed by atoms with Crippen molar-refractivity contribution in [2.45, 2.75) is 59.3 Å². The van der Waals surface area contributed by atoms with Gasteiger partial charge in [-0.05, 0) is 56.8 Å². The minimum absolute atomic E-state index is 0.208. The van der Waals surface area contributed by atoms with Crippen LogP contribution < -0.4 is 10.1 Å². The lowest BCUT2D eigenvalue weighted by Crippen LogP contribution is -2.50. The number of ether oxygens (including phenoxy) is 1. The first kappa shape index (κ1) is 25.3. The molecule has 0 bridgehead atoms. The van der Waals surface area contributed by atoms with Crippen molar-refractivity contribution in [3.8, 4) is 5.75 Å². The number of anilines is 1. The maximum absolute atomic E-state index is 12.5. The molecule has 1 saturated heterocycles. The summed E-state index contributed by atoms with van der Waals surface area (Å²) in [5.41, 5.74) is 3.27. The molecule has 33 heavy (non-hydrogen) atoms. The molecule has 0 atom stereocenters. The normalized spacial score (nSPS) is 14.8. The van der Waals surface area contributed by atoms with E-state index in [9.17, 15) is 4.79 Å². The van der Waals surface area contributed by atoms with Gasteiger partial charge in [-0.25, -0.2) is 0 Å². The van der Waals surface area contributed by atoms with Crippen LogP contribution in [0.1, 0.15) is 57.9 Å². The van der Waals surface area contributed by atoms with Crippen LogP contribution in [0.2, 0.25) is 0 Å². The largest absolute Gasteiger partial charge is 0.497 e. The SMILES string of the molecule is CCC(CC)C(=O)N1CCN(CCCCCCNc2cc(OC)cc3c(C)ccnc23)CC1. The summed E-state index contributed by atoms with van der Waals surface area (Å²) in [6, 6.07) is 6.14. The number of pyridine rings is 1. The van der Waals surface area contributed by atoms with Crippen LogP contribution in [0.25, 0.3) is 10.9 Å². The van der Waals surface area contributed by atoms with E-state index in [1.54, 1.807) is 7.11 Å². The smallest absolute Gasteiger partial charge is 0.225 e. The fourth-order valence-corrected chi connectivity index (χ4v) is 4.74. The Labute approximate surface area is 199 Å². The van der Waals surface area contributed by atoms with Crippen molar-refractivity contribution in [3.05, 3.63) is 30.0 Å². The lowest BCUT2D eigenvalue weighted by atomic mass is 10.0. The number of aromatic nitrogens is 1. The van der Waals surface area contributed by atoms with E-state index in [2.05, 4.69) is 46.9 Å². The monoisotopic (exact) mass is 454 g/mol. The van der Waals surface area contributed by atoms with Gasteiger partial charge in [0.15, 0.2) is 0 Å². The maximum atomic E-state index is 12.5. The molecule has 1 aromatic heterocycles. The molecule has 0 saturated carbocycles. The summed E-state index contributed by atoms with van der Waals surface area (Å²) in [5, 5.41) is 4.71. The lowest BCUT2D eigenvalue weighted by Gasteiger charge is -2.36. The highest BCUT2D eigenvalue weighted by molar-refractivity contribution is 5.93. The topological polar surface area (TPSA) is 57.7 Å². The maximum Gasteiger partial charge on any atom is 0.225 e. The van der Waals surface area contributed by atoms with Gasteiger partial charge in [-0.3, -0.25) is 14.7 Å². The number of rotatable bonds is 12. The Morgan fingerprint density at radius 2 is 1.82 bits per heavy atom. The highest BCUT2D eigenvalue weighted by Gasteiger charge is 2.25. The molecule has 0 aliphatic carbocycles. The number of unbranched alkanes of at least 4 members (excludes halogenated alkanes) is 3. The third-order valence-electron chi connectivity index (χ3n) is 7.01. The van der Waals surface area contributed by atoms with Crippen LogP contribution in [0.5, 0.6) is 5.75 Å². The molecule has 0 spiro atoms. The molecule has 1 N–H and O–H groups in total. The summed E-state index contributed by atoms with van der Waals surface area (Å²) >= 11 is 0. The number of hydrogen-bond donors (Lipinski definition) is 1. The number of carbonyl (C=O) groups is 1. The van der Waals surface area contributed by atoms with Gasteiger partial charge in [0, 0.05) is 56.3 Å². The van der Waals surface area contributed by atoms with E-state index < -0.39 is 0 Å². The molecule has 6 nitrogen and oxygen atoms in total. The van der Waals surface area contributed by atoms with Gasteiger partial charge in [0.25, 0.3) is 0 Å². The van der Waals surface area contributed by atoms with Crippen LogP contribution in [0.15, 0.2) is 24.4 Å². The van der Waals surface area contributed by atoms with Crippen molar-refractivity contribution in [3.63, 3.8) is 0 Å². The lowest BCUT2D eigenvalue weighted by molar-refractivity contribution is -0.137. The summed E-state index contributed by atoms with van der Waals surface area (Å²) in [4.78, 5) is 21.7. The average molecular weight is 455 g/mol. The first-order chi connectivity index (χ1) is 16.1. The number of nitrogens with zero attached hydrogens (tertiary/aromatic N) is 3. The van der Waals surface area contributed by atoms with E-state index in [0.717, 1.165) is 80.9 Å². The molecule has 1 fully saturated rings. The molecule has 0 unspecified atom stereocenters. The highest BCUT2D eigenvalue weighted by atomic mass is 16.5. The van der Waals surface area contributed by atoms with E-state index >= 15 is 0 Å². The van der Waals surface area contributed by atoms with Crippen LogP contribution in [0.4, 0.5) is 5.69 Å². The quantitative estimate of drug-likeness (QED) is 0.452. The molecule has 182 valence electrons. The van der Waals surface area contributed by atoms with Gasteiger partial charge in [-0.1, -0.05) is 26.7 Å². The predicted octanol–water partition coefficient (Wildman–Crippen LogP) is 5.10. The third-order valence-corrected chi connectivity index (χ3v) is 7.01. The summed E-state index contributed by atoms with van der Waals surface area (Å²) in [5.74, 6) is 1.43. The fraction of sp³-hybridized carbons (Fsp3) is 0.630. The Bertz CT molecular complexity index is 889. The second kappa shape index (κ2) is 12.8. The molecule has 0 radical (unpaired) electrons. The van der Waals surface area contributed by atoms with Crippen LogP contribution in [-0.2, 0) is 4.79 Å². The zero-order valence-electron chi connectivity index (χ0n) is 21.0. The molecule has 2 heterocycles. The van der Waals surface area contributed by atoms with Crippen LogP contribution in [0, 0.1) is 12.8 Å². The predicted molar refractivity (Wildman–Crippen MR) is 137 cm³/mol. The molecule has 1 amide bonds. The molecular formula is C27H42N4O2. The number of carbonyl (C=O) groups excluding carboxylic acids is 1. The Morgan fingerprint density at radius 3 is 2.52 bits per heavy atom. The molecule has 6 heteroatoms. The molecule has 1 aromatic carbocycles. The van der Waals surface area contributed by atoms with Gasteiger partial charge < -0.3 is 15.0 Å². The molecule has 3 rings (SSSR count). The molecule has 1 aliphatic heterocycles. The number of nitrogens with one attached hydrogen (secondary N) is 1. The van der Waals surface area contributed by atoms with Crippen molar-refractivity contribution >= 4 is 22.5 Å². The Hall–Kier alpha value is -2.34. The summed E-state index contributed by atoms with van der Waals surface area (Å²) in [6.45, 7) is 12.2. The second-order valence-electron chi connectivity index (χ2n) is 9.22. The summed E-state index contributed by atoms with van der Waals surface area (Å²) < 4.78 is 5.48. The van der Waals surface area contributed by atoms with Gasteiger partial charge in [0.05, 0.1) is 18.3 Å². The van der Waals surface area contributed by atoms with E-state index in [1.807, 2.05) is 18.3 Å². The first-order valence-electron chi connectivity index (χ1n) is 12.8. The molecular weight excluding hydrogens is 412 g/mol. The van der Waals surface area contributed by atoms with Gasteiger partial charge in [0.2, 0.25) is 5.91 Å². The van der Waals surface area contributed by atoms with E-state index in [0.29, 0.717) is 5.91 Å². The van der Waals surface area contributed by atoms with Gasteiger partial charge >= 0.3 is 0 Å². The number of fused-ring (bicyclic) bond motifs is 1. The Kier molecular flexibility index (Phi) is 9.79. The number of aryl methyl sites for hydroxylation is 1. The van der Waals surface area contributed by atoms with Crippen molar-refractivity contribution < 1.29 is 9.53 Å². The average Bonchev–Trinajstić information content (AvgIpc) is 2.84. The zero-order valence-corrected chi connectivity index (χ0v) is 21.0. The second-order valence-corrected chi connectivity index (χ2v) is 9.22. The van der Waals surface area contributed by atoms with Crippen molar-refractivity contribution in [2.24, 2.45) is 5.92 Å². The number of hydrogen-bond acceptors (Lipinski definition) is 5. The first-order valence-corrected chi connectivity index (χ1v) is 12.8. The zero-order chi connectivity index (χ0) is 23.6. The number of amides is 1. The minimum Gasteiger partial charge on any atom is -0.497 e. The molecule has 2 aromatic rings. The molecule has 1 aliphatic rings. The minimum atomic E-state index is 0.208. The summed E-state index contributed by atoms with van der Waals surface area (Å²) in [7, 11) is 1.71. The van der Waals surface area contributed by atoms with E-state index in [-0.39, 0.29) is 5.92 Å². The fourth-order valence-electron chi connectivity index (χ4n) is 4.74. The van der Waals surface area contributed by atoms with Crippen molar-refractivity contribution in [1.82, 2.24) is 14.8 Å². The number of benzene rings is 1.